The molecule has 0 atom stereocenters. The molecule has 0 aliphatic carbocycles. The van der Waals surface area contributed by atoms with Gasteiger partial charge in [0.15, 0.2) is 5.78 Å². The van der Waals surface area contributed by atoms with Crippen molar-refractivity contribution < 1.29 is 19.4 Å². The minimum absolute atomic E-state index is 0.0357. The van der Waals surface area contributed by atoms with E-state index in [0.717, 1.165) is 67.8 Å². The van der Waals surface area contributed by atoms with Crippen molar-refractivity contribution >= 4 is 29.2 Å². The van der Waals surface area contributed by atoms with Gasteiger partial charge in [0.25, 0.3) is 0 Å². The summed E-state index contributed by atoms with van der Waals surface area (Å²) in [4.78, 5) is 27.3. The van der Waals surface area contributed by atoms with Crippen LogP contribution in [0.2, 0.25) is 5.02 Å². The van der Waals surface area contributed by atoms with Crippen molar-refractivity contribution in [3.63, 3.8) is 0 Å². The minimum Gasteiger partial charge on any atom is -0.506 e. The number of carbonyl (C=O) groups is 2. The van der Waals surface area contributed by atoms with E-state index in [4.69, 9.17) is 16.3 Å². The van der Waals surface area contributed by atoms with E-state index in [-0.39, 0.29) is 28.8 Å². The Bertz CT molecular complexity index is 1310. The number of para-hydroxylation sites is 1. The minimum atomic E-state index is -0.382. The van der Waals surface area contributed by atoms with Crippen molar-refractivity contribution in [3.05, 3.63) is 83.4 Å². The van der Waals surface area contributed by atoms with E-state index in [0.29, 0.717) is 13.0 Å². The predicted octanol–water partition coefficient (Wildman–Crippen LogP) is 7.86. The Morgan fingerprint density at radius 2 is 1.55 bits per heavy atom. The lowest BCUT2D eigenvalue weighted by Gasteiger charge is -2.31. The summed E-state index contributed by atoms with van der Waals surface area (Å²) in [6, 6.07) is 22.8. The number of nitrogens with one attached hydrogen (secondary N) is 2. The lowest BCUT2D eigenvalue weighted by atomic mass is 10.0. The first kappa shape index (κ1) is 33.5. The molecule has 0 saturated carbocycles. The van der Waals surface area contributed by atoms with Crippen molar-refractivity contribution in [2.45, 2.75) is 70.3 Å². The van der Waals surface area contributed by atoms with Crippen LogP contribution in [0.1, 0.15) is 63.4 Å². The first-order chi connectivity index (χ1) is 21.5. The molecule has 0 aromatic heterocycles. The van der Waals surface area contributed by atoms with Crippen LogP contribution >= 0.6 is 11.6 Å². The van der Waals surface area contributed by atoms with Crippen LogP contribution in [0.25, 0.3) is 11.1 Å². The summed E-state index contributed by atoms with van der Waals surface area (Å²) in [5.74, 6) is 0.156. The maximum absolute atomic E-state index is 12.6. The molecule has 0 spiro atoms. The number of rotatable bonds is 17. The lowest BCUT2D eigenvalue weighted by Crippen LogP contribution is -2.38. The van der Waals surface area contributed by atoms with Gasteiger partial charge in [-0.05, 0) is 68.1 Å². The Labute approximate surface area is 267 Å². The Morgan fingerprint density at radius 3 is 2.30 bits per heavy atom. The standard InChI is InChI=1S/C36H46ClN3O4/c37-33-26-28(17-18-35(33)42)25-30(41)27-38-21-11-4-2-1-3-5-12-22-40-23-19-31(20-24-40)44-36(43)39-34-16-10-9-15-32(34)29-13-7-6-8-14-29/h6-10,13-18,26,31,38,42H,1-5,11-12,19-25,27H2,(H,39,43). The smallest absolute Gasteiger partial charge is 0.411 e. The highest BCUT2D eigenvalue weighted by Gasteiger charge is 2.22. The van der Waals surface area contributed by atoms with E-state index < -0.39 is 0 Å². The largest absolute Gasteiger partial charge is 0.506 e. The molecule has 1 aliphatic rings. The van der Waals surface area contributed by atoms with Crippen molar-refractivity contribution in [3.8, 4) is 16.9 Å². The predicted molar refractivity (Wildman–Crippen MR) is 178 cm³/mol. The number of halogens is 1. The van der Waals surface area contributed by atoms with Crippen LogP contribution < -0.4 is 10.6 Å². The molecule has 1 saturated heterocycles. The first-order valence-electron chi connectivity index (χ1n) is 16.0. The van der Waals surface area contributed by atoms with Gasteiger partial charge < -0.3 is 20.1 Å². The lowest BCUT2D eigenvalue weighted by molar-refractivity contribution is -0.117. The molecule has 0 radical (unpaired) electrons. The van der Waals surface area contributed by atoms with E-state index in [9.17, 15) is 14.7 Å². The third-order valence-corrected chi connectivity index (χ3v) is 8.42. The van der Waals surface area contributed by atoms with Gasteiger partial charge in [-0.1, -0.05) is 98.3 Å². The Morgan fingerprint density at radius 1 is 0.864 bits per heavy atom. The van der Waals surface area contributed by atoms with Crippen LogP contribution in [-0.2, 0) is 16.0 Å². The van der Waals surface area contributed by atoms with Crippen LogP contribution in [-0.4, -0.2) is 60.7 Å². The fourth-order valence-corrected chi connectivity index (χ4v) is 5.85. The zero-order valence-corrected chi connectivity index (χ0v) is 26.4. The fraction of sp³-hybridized carbons (Fsp3) is 0.444. The summed E-state index contributed by atoms with van der Waals surface area (Å²) in [7, 11) is 0. The Kier molecular flexibility index (Phi) is 14.0. The molecule has 44 heavy (non-hydrogen) atoms. The average molecular weight is 620 g/mol. The molecule has 3 aromatic carbocycles. The van der Waals surface area contributed by atoms with E-state index in [1.807, 2.05) is 54.6 Å². The molecule has 1 aliphatic heterocycles. The number of phenolic OH excluding ortho intramolecular Hbond substituents is 1. The highest BCUT2D eigenvalue weighted by atomic mass is 35.5. The normalized spacial score (nSPS) is 13.9. The van der Waals surface area contributed by atoms with Gasteiger partial charge >= 0.3 is 6.09 Å². The van der Waals surface area contributed by atoms with Crippen molar-refractivity contribution in [1.82, 2.24) is 10.2 Å². The number of phenols is 1. The number of amides is 1. The second-order valence-electron chi connectivity index (χ2n) is 11.6. The fourth-order valence-electron chi connectivity index (χ4n) is 5.65. The SMILES string of the molecule is O=C(CNCCCCCCCCCN1CCC(OC(=O)Nc2ccccc2-c2ccccc2)CC1)Cc1ccc(O)c(Cl)c1. The molecule has 3 aromatic rings. The van der Waals surface area contributed by atoms with Crippen LogP contribution in [0.15, 0.2) is 72.8 Å². The van der Waals surface area contributed by atoms with Gasteiger partial charge in [-0.15, -0.1) is 0 Å². The summed E-state index contributed by atoms with van der Waals surface area (Å²) in [5, 5.41) is 16.0. The number of hydrogen-bond donors (Lipinski definition) is 3. The molecule has 4 rings (SSSR count). The summed E-state index contributed by atoms with van der Waals surface area (Å²) >= 11 is 5.91. The van der Waals surface area contributed by atoms with Gasteiger partial charge in [-0.25, -0.2) is 4.79 Å². The number of unbranched alkanes of at least 4 members (excludes halogenated alkanes) is 6. The van der Waals surface area contributed by atoms with Gasteiger partial charge in [0.2, 0.25) is 0 Å². The molecule has 8 heteroatoms. The highest BCUT2D eigenvalue weighted by Crippen LogP contribution is 2.28. The summed E-state index contributed by atoms with van der Waals surface area (Å²) in [6.45, 7) is 4.26. The summed E-state index contributed by atoms with van der Waals surface area (Å²) in [6.07, 6.45) is 10.1. The number of benzene rings is 3. The number of aromatic hydroxyl groups is 1. The number of Topliss-reactive ketones (excluding diaryl/α,β-unsaturated/α-hetero) is 1. The quantitative estimate of drug-likeness (QED) is 0.133. The van der Waals surface area contributed by atoms with Gasteiger partial charge in [0.1, 0.15) is 11.9 Å². The van der Waals surface area contributed by atoms with Gasteiger partial charge in [0, 0.05) is 25.1 Å². The van der Waals surface area contributed by atoms with Crippen LogP contribution in [0.5, 0.6) is 5.75 Å². The Balaban J connectivity index is 0.974. The summed E-state index contributed by atoms with van der Waals surface area (Å²) in [5.41, 5.74) is 3.62. The Hall–Kier alpha value is -3.39. The second-order valence-corrected chi connectivity index (χ2v) is 12.0. The van der Waals surface area contributed by atoms with Crippen LogP contribution in [0.3, 0.4) is 0 Å². The topological polar surface area (TPSA) is 90.9 Å². The van der Waals surface area contributed by atoms with Crippen molar-refractivity contribution in [2.75, 3.05) is 38.0 Å². The maximum Gasteiger partial charge on any atom is 0.411 e. The molecule has 3 N–H and O–H groups in total. The molecule has 1 amide bonds. The van der Waals surface area contributed by atoms with Crippen molar-refractivity contribution in [2.24, 2.45) is 0 Å². The van der Waals surface area contributed by atoms with Gasteiger partial charge in [-0.3, -0.25) is 10.1 Å². The van der Waals surface area contributed by atoms with Crippen LogP contribution in [0, 0.1) is 0 Å². The van der Waals surface area contributed by atoms with Gasteiger partial charge in [0.05, 0.1) is 17.3 Å². The van der Waals surface area contributed by atoms with E-state index in [1.165, 1.54) is 44.6 Å². The molecule has 0 bridgehead atoms. The van der Waals surface area contributed by atoms with Gasteiger partial charge in [-0.2, -0.15) is 0 Å². The number of carbonyl (C=O) groups excluding carboxylic acids is 2. The molecule has 0 unspecified atom stereocenters. The van der Waals surface area contributed by atoms with E-state index >= 15 is 0 Å². The number of hydrogen-bond acceptors (Lipinski definition) is 6. The summed E-state index contributed by atoms with van der Waals surface area (Å²) < 4.78 is 5.77. The maximum atomic E-state index is 12.6. The molecular formula is C36H46ClN3O4. The number of anilines is 1. The van der Waals surface area contributed by atoms with E-state index in [1.54, 1.807) is 12.1 Å². The highest BCUT2D eigenvalue weighted by molar-refractivity contribution is 6.32. The number of nitrogens with zero attached hydrogens (tertiary/aromatic N) is 1. The number of piperidine rings is 1. The third kappa shape index (κ3) is 11.6. The first-order valence-corrected chi connectivity index (χ1v) is 16.4. The van der Waals surface area contributed by atoms with Crippen molar-refractivity contribution in [1.29, 1.82) is 0 Å². The molecule has 7 nitrogen and oxygen atoms in total. The average Bonchev–Trinajstić information content (AvgIpc) is 3.03. The zero-order chi connectivity index (χ0) is 31.0. The third-order valence-electron chi connectivity index (χ3n) is 8.12. The zero-order valence-electron chi connectivity index (χ0n) is 25.6. The van der Waals surface area contributed by atoms with Crippen LogP contribution in [0.4, 0.5) is 10.5 Å². The molecular weight excluding hydrogens is 574 g/mol. The number of likely N-dealkylation sites (tertiary alicyclic amines) is 1. The molecule has 1 heterocycles. The molecule has 1 fully saturated rings. The number of ketones is 1. The molecule has 236 valence electrons. The second kappa shape index (κ2) is 18.4. The number of ether oxygens (including phenoxy) is 1. The van der Waals surface area contributed by atoms with E-state index in [2.05, 4.69) is 15.5 Å². The monoisotopic (exact) mass is 619 g/mol.